The summed E-state index contributed by atoms with van der Waals surface area (Å²) >= 11 is 4.85. The average Bonchev–Trinajstić information content (AvgIpc) is 2.27. The number of hydrogen-bond acceptors (Lipinski definition) is 3. The van der Waals surface area contributed by atoms with Crippen molar-refractivity contribution < 1.29 is 4.79 Å². The van der Waals surface area contributed by atoms with Crippen molar-refractivity contribution >= 4 is 23.1 Å². The van der Waals surface area contributed by atoms with Crippen LogP contribution in [0.2, 0.25) is 0 Å². The van der Waals surface area contributed by atoms with Gasteiger partial charge in [0.05, 0.1) is 10.6 Å². The molecule has 17 heavy (non-hydrogen) atoms. The molecule has 1 heterocycles. The monoisotopic (exact) mass is 251 g/mol. The van der Waals surface area contributed by atoms with E-state index in [0.717, 1.165) is 12.1 Å². The number of hydrogen-bond donors (Lipinski definition) is 2. The average molecular weight is 251 g/mol. The highest BCUT2D eigenvalue weighted by atomic mass is 32.1. The van der Waals surface area contributed by atoms with Crippen LogP contribution in [0.1, 0.15) is 35.8 Å². The normalized spacial score (nSPS) is 11.9. The smallest absolute Gasteiger partial charge is 0.253 e. The van der Waals surface area contributed by atoms with Crippen LogP contribution in [0.3, 0.4) is 0 Å². The molecule has 1 amide bonds. The van der Waals surface area contributed by atoms with Gasteiger partial charge in [-0.2, -0.15) is 0 Å². The highest BCUT2D eigenvalue weighted by Gasteiger charge is 2.14. The number of carbonyl (C=O) groups excluding carboxylic acids is 1. The van der Waals surface area contributed by atoms with Crippen LogP contribution in [0, 0.1) is 6.92 Å². The van der Waals surface area contributed by atoms with Crippen molar-refractivity contribution in [1.82, 2.24) is 10.3 Å². The van der Waals surface area contributed by atoms with Crippen LogP contribution in [-0.4, -0.2) is 21.9 Å². The van der Waals surface area contributed by atoms with E-state index in [-0.39, 0.29) is 11.9 Å². The van der Waals surface area contributed by atoms with E-state index < -0.39 is 0 Å². The Morgan fingerprint density at radius 2 is 2.35 bits per heavy atom. The summed E-state index contributed by atoms with van der Waals surface area (Å²) in [5.74, 6) is -0.126. The fourth-order valence-corrected chi connectivity index (χ4v) is 1.73. The van der Waals surface area contributed by atoms with E-state index in [0.29, 0.717) is 17.0 Å². The summed E-state index contributed by atoms with van der Waals surface area (Å²) in [5.41, 5.74) is 6.79. The highest BCUT2D eigenvalue weighted by molar-refractivity contribution is 7.80. The lowest BCUT2D eigenvalue weighted by Gasteiger charge is -2.16. The molecule has 4 nitrogen and oxygen atoms in total. The van der Waals surface area contributed by atoms with Gasteiger partial charge < -0.3 is 11.1 Å². The summed E-state index contributed by atoms with van der Waals surface area (Å²) < 4.78 is 0. The number of nitrogens with one attached hydrogen (secondary N) is 1. The highest BCUT2D eigenvalue weighted by Crippen LogP contribution is 2.06. The molecular formula is C12H17N3OS. The first-order valence-corrected chi connectivity index (χ1v) is 5.96. The van der Waals surface area contributed by atoms with Gasteiger partial charge in [0.15, 0.2) is 0 Å². The number of carbonyl (C=O) groups is 1. The zero-order chi connectivity index (χ0) is 12.8. The summed E-state index contributed by atoms with van der Waals surface area (Å²) in [7, 11) is 0. The molecule has 0 aliphatic heterocycles. The van der Waals surface area contributed by atoms with Crippen LogP contribution in [0.4, 0.5) is 0 Å². The minimum Gasteiger partial charge on any atom is -0.393 e. The Hall–Kier alpha value is -1.49. The number of nitrogens with two attached hydrogens (primary N) is 1. The number of aryl methyl sites for hydroxylation is 1. The Kier molecular flexibility index (Phi) is 5.03. The summed E-state index contributed by atoms with van der Waals surface area (Å²) in [4.78, 5) is 16.5. The second-order valence-electron chi connectivity index (χ2n) is 3.89. The second-order valence-corrected chi connectivity index (χ2v) is 4.41. The minimum atomic E-state index is -0.126. The SMILES string of the molecule is CCC(CC(N)=S)NC(=O)c1cccnc1C. The maximum atomic E-state index is 12.0. The molecule has 0 saturated heterocycles. The molecule has 1 aromatic rings. The summed E-state index contributed by atoms with van der Waals surface area (Å²) in [6, 6.07) is 3.49. The van der Waals surface area contributed by atoms with Gasteiger partial charge in [0.1, 0.15) is 0 Å². The molecule has 92 valence electrons. The molecule has 1 unspecified atom stereocenters. The van der Waals surface area contributed by atoms with Gasteiger partial charge >= 0.3 is 0 Å². The third-order valence-electron chi connectivity index (χ3n) is 2.53. The number of rotatable bonds is 5. The van der Waals surface area contributed by atoms with E-state index in [9.17, 15) is 4.79 Å². The molecule has 0 radical (unpaired) electrons. The van der Waals surface area contributed by atoms with Gasteiger partial charge in [-0.1, -0.05) is 19.1 Å². The molecule has 3 N–H and O–H groups in total. The van der Waals surface area contributed by atoms with Crippen LogP contribution in [0.15, 0.2) is 18.3 Å². The van der Waals surface area contributed by atoms with Gasteiger partial charge in [-0.3, -0.25) is 9.78 Å². The number of thiocarbonyl (C=S) groups is 1. The molecule has 1 rings (SSSR count). The first kappa shape index (κ1) is 13.6. The molecule has 0 bridgehead atoms. The van der Waals surface area contributed by atoms with Crippen molar-refractivity contribution in [3.8, 4) is 0 Å². The number of nitrogens with zero attached hydrogens (tertiary/aromatic N) is 1. The fourth-order valence-electron chi connectivity index (χ4n) is 1.53. The van der Waals surface area contributed by atoms with E-state index in [4.69, 9.17) is 18.0 Å². The summed E-state index contributed by atoms with van der Waals surface area (Å²) in [6.07, 6.45) is 2.98. The molecule has 0 spiro atoms. The van der Waals surface area contributed by atoms with Gasteiger partial charge in [0.25, 0.3) is 5.91 Å². The molecule has 1 aromatic heterocycles. The number of aromatic nitrogens is 1. The van der Waals surface area contributed by atoms with Crippen molar-refractivity contribution in [3.05, 3.63) is 29.6 Å². The zero-order valence-electron chi connectivity index (χ0n) is 10.1. The molecule has 1 atom stereocenters. The van der Waals surface area contributed by atoms with Crippen LogP contribution in [0.5, 0.6) is 0 Å². The van der Waals surface area contributed by atoms with Crippen molar-refractivity contribution in [2.75, 3.05) is 0 Å². The topological polar surface area (TPSA) is 68.0 Å². The predicted molar refractivity (Wildman–Crippen MR) is 71.9 cm³/mol. The number of amides is 1. The van der Waals surface area contributed by atoms with Gasteiger partial charge in [-0.15, -0.1) is 0 Å². The maximum Gasteiger partial charge on any atom is 0.253 e. The summed E-state index contributed by atoms with van der Waals surface area (Å²) in [6.45, 7) is 3.79. The molecule has 5 heteroatoms. The molecule has 0 fully saturated rings. The Balaban J connectivity index is 2.71. The lowest BCUT2D eigenvalue weighted by Crippen LogP contribution is -2.37. The third kappa shape index (κ3) is 4.11. The van der Waals surface area contributed by atoms with E-state index in [1.54, 1.807) is 18.3 Å². The van der Waals surface area contributed by atoms with Crippen LogP contribution in [0.25, 0.3) is 0 Å². The number of pyridine rings is 1. The van der Waals surface area contributed by atoms with Crippen molar-refractivity contribution in [3.63, 3.8) is 0 Å². The van der Waals surface area contributed by atoms with Gasteiger partial charge in [0, 0.05) is 24.4 Å². The fraction of sp³-hybridized carbons (Fsp3) is 0.417. The minimum absolute atomic E-state index is 0.0143. The van der Waals surface area contributed by atoms with Gasteiger partial charge in [-0.25, -0.2) is 0 Å². The van der Waals surface area contributed by atoms with Crippen LogP contribution >= 0.6 is 12.2 Å². The van der Waals surface area contributed by atoms with E-state index in [2.05, 4.69) is 10.3 Å². The first-order valence-electron chi connectivity index (χ1n) is 5.55. The molecule has 0 aliphatic rings. The van der Waals surface area contributed by atoms with Crippen LogP contribution < -0.4 is 11.1 Å². The molecular weight excluding hydrogens is 234 g/mol. The van der Waals surface area contributed by atoms with Crippen LogP contribution in [-0.2, 0) is 0 Å². The largest absolute Gasteiger partial charge is 0.393 e. The summed E-state index contributed by atoms with van der Waals surface area (Å²) in [5, 5.41) is 2.91. The Morgan fingerprint density at radius 3 is 2.88 bits per heavy atom. The van der Waals surface area contributed by atoms with Crippen molar-refractivity contribution in [2.24, 2.45) is 5.73 Å². The van der Waals surface area contributed by atoms with E-state index in [1.807, 2.05) is 13.8 Å². The lowest BCUT2D eigenvalue weighted by molar-refractivity contribution is 0.0936. The standard InChI is InChI=1S/C12H17N3OS/c1-3-9(7-11(13)17)15-12(16)10-5-4-6-14-8(10)2/h4-6,9H,3,7H2,1-2H3,(H2,13,17)(H,15,16). The first-order chi connectivity index (χ1) is 8.04. The van der Waals surface area contributed by atoms with Crippen molar-refractivity contribution in [2.45, 2.75) is 32.7 Å². The molecule has 0 aliphatic carbocycles. The van der Waals surface area contributed by atoms with E-state index in [1.165, 1.54) is 0 Å². The molecule has 0 saturated carbocycles. The second kappa shape index (κ2) is 6.30. The predicted octanol–water partition coefficient (Wildman–Crippen LogP) is 1.57. The van der Waals surface area contributed by atoms with Gasteiger partial charge in [0.2, 0.25) is 0 Å². The van der Waals surface area contributed by atoms with E-state index >= 15 is 0 Å². The zero-order valence-corrected chi connectivity index (χ0v) is 10.9. The Labute approximate surface area is 107 Å². The molecule has 0 aromatic carbocycles. The third-order valence-corrected chi connectivity index (χ3v) is 2.69. The van der Waals surface area contributed by atoms with Gasteiger partial charge in [-0.05, 0) is 25.5 Å². The maximum absolute atomic E-state index is 12.0. The van der Waals surface area contributed by atoms with Crippen molar-refractivity contribution in [1.29, 1.82) is 0 Å². The quantitative estimate of drug-likeness (QED) is 0.780. The Morgan fingerprint density at radius 1 is 1.65 bits per heavy atom. The lowest BCUT2D eigenvalue weighted by atomic mass is 10.1. The Bertz CT molecular complexity index is 420.